The SMILES string of the molecule is CNC(=O)c1sc(NC2CCCC(C)CC2)cc1N. The molecule has 0 aliphatic heterocycles. The summed E-state index contributed by atoms with van der Waals surface area (Å²) in [6.45, 7) is 2.33. The van der Waals surface area contributed by atoms with E-state index in [-0.39, 0.29) is 5.91 Å². The second-order valence-electron chi connectivity index (χ2n) is 5.43. The van der Waals surface area contributed by atoms with Gasteiger partial charge in [-0.05, 0) is 31.2 Å². The van der Waals surface area contributed by atoms with Gasteiger partial charge in [-0.25, -0.2) is 0 Å². The van der Waals surface area contributed by atoms with Crippen molar-refractivity contribution in [3.05, 3.63) is 10.9 Å². The van der Waals surface area contributed by atoms with E-state index in [0.29, 0.717) is 16.6 Å². The second kappa shape index (κ2) is 6.28. The van der Waals surface area contributed by atoms with E-state index in [0.717, 1.165) is 10.9 Å². The van der Waals surface area contributed by atoms with Gasteiger partial charge >= 0.3 is 0 Å². The van der Waals surface area contributed by atoms with Crippen molar-refractivity contribution in [3.8, 4) is 0 Å². The Balaban J connectivity index is 2.01. The largest absolute Gasteiger partial charge is 0.397 e. The molecule has 106 valence electrons. The van der Waals surface area contributed by atoms with Crippen molar-refractivity contribution >= 4 is 27.9 Å². The number of nitrogens with one attached hydrogen (secondary N) is 2. The molecule has 0 radical (unpaired) electrons. The van der Waals surface area contributed by atoms with Gasteiger partial charge in [0.05, 0.1) is 10.7 Å². The Bertz CT molecular complexity index is 444. The van der Waals surface area contributed by atoms with Crippen LogP contribution in [-0.4, -0.2) is 19.0 Å². The number of hydrogen-bond acceptors (Lipinski definition) is 4. The Kier molecular flexibility index (Phi) is 4.69. The van der Waals surface area contributed by atoms with Crippen molar-refractivity contribution in [2.24, 2.45) is 5.92 Å². The molecule has 0 saturated heterocycles. The zero-order valence-electron chi connectivity index (χ0n) is 11.7. The number of thiophene rings is 1. The summed E-state index contributed by atoms with van der Waals surface area (Å²) in [7, 11) is 1.63. The maximum Gasteiger partial charge on any atom is 0.263 e. The lowest BCUT2D eigenvalue weighted by Crippen LogP contribution is -2.18. The number of hydrogen-bond donors (Lipinski definition) is 3. The van der Waals surface area contributed by atoms with Gasteiger partial charge in [-0.3, -0.25) is 4.79 Å². The zero-order chi connectivity index (χ0) is 13.8. The molecule has 1 aromatic rings. The van der Waals surface area contributed by atoms with Crippen LogP contribution in [0.25, 0.3) is 0 Å². The molecule has 1 heterocycles. The molecule has 2 atom stereocenters. The van der Waals surface area contributed by atoms with Crippen LogP contribution in [0.2, 0.25) is 0 Å². The van der Waals surface area contributed by atoms with Gasteiger partial charge in [0.25, 0.3) is 5.91 Å². The smallest absolute Gasteiger partial charge is 0.263 e. The molecule has 1 aliphatic carbocycles. The predicted molar refractivity (Wildman–Crippen MR) is 81.8 cm³/mol. The fourth-order valence-corrected chi connectivity index (χ4v) is 3.60. The van der Waals surface area contributed by atoms with Crippen LogP contribution in [0.15, 0.2) is 6.07 Å². The molecule has 0 aromatic carbocycles. The van der Waals surface area contributed by atoms with Crippen molar-refractivity contribution < 1.29 is 4.79 Å². The third-order valence-electron chi connectivity index (χ3n) is 3.80. The van der Waals surface area contributed by atoms with Crippen molar-refractivity contribution in [2.75, 3.05) is 18.1 Å². The van der Waals surface area contributed by atoms with Crippen LogP contribution in [0.1, 0.15) is 48.7 Å². The fraction of sp³-hybridized carbons (Fsp3) is 0.643. The first kappa shape index (κ1) is 14.2. The average Bonchev–Trinajstić information content (AvgIpc) is 2.62. The van der Waals surface area contributed by atoms with Gasteiger partial charge in [-0.15, -0.1) is 11.3 Å². The lowest BCUT2D eigenvalue weighted by Gasteiger charge is -2.16. The minimum Gasteiger partial charge on any atom is -0.397 e. The molecule has 4 N–H and O–H groups in total. The van der Waals surface area contributed by atoms with E-state index in [2.05, 4.69) is 17.6 Å². The van der Waals surface area contributed by atoms with E-state index in [1.54, 1.807) is 7.05 Å². The van der Waals surface area contributed by atoms with Crippen LogP contribution in [0.3, 0.4) is 0 Å². The molecule has 4 nitrogen and oxygen atoms in total. The summed E-state index contributed by atoms with van der Waals surface area (Å²) in [6, 6.07) is 2.39. The fourth-order valence-electron chi connectivity index (χ4n) is 2.60. The molecule has 2 rings (SSSR count). The number of anilines is 2. The maximum atomic E-state index is 11.6. The van der Waals surface area contributed by atoms with Gasteiger partial charge in [-0.2, -0.15) is 0 Å². The normalized spacial score (nSPS) is 23.7. The van der Waals surface area contributed by atoms with E-state index in [4.69, 9.17) is 5.73 Å². The first-order valence-corrected chi connectivity index (χ1v) is 7.79. The molecule has 1 saturated carbocycles. The number of carbonyl (C=O) groups is 1. The summed E-state index contributed by atoms with van der Waals surface area (Å²) < 4.78 is 0. The summed E-state index contributed by atoms with van der Waals surface area (Å²) in [5.74, 6) is 0.728. The first-order chi connectivity index (χ1) is 9.10. The molecule has 1 amide bonds. The number of amides is 1. The molecule has 1 fully saturated rings. The zero-order valence-corrected chi connectivity index (χ0v) is 12.5. The van der Waals surface area contributed by atoms with Crippen LogP contribution < -0.4 is 16.4 Å². The summed E-state index contributed by atoms with van der Waals surface area (Å²) in [5.41, 5.74) is 6.45. The molecule has 5 heteroatoms. The topological polar surface area (TPSA) is 67.2 Å². The van der Waals surface area contributed by atoms with Gasteiger partial charge in [0.15, 0.2) is 0 Å². The minimum absolute atomic E-state index is 0.106. The van der Waals surface area contributed by atoms with Gasteiger partial charge in [-0.1, -0.05) is 19.8 Å². The van der Waals surface area contributed by atoms with E-state index in [1.807, 2.05) is 6.07 Å². The number of rotatable bonds is 3. The molecule has 2 unspecified atom stereocenters. The van der Waals surface area contributed by atoms with Crippen LogP contribution in [0.4, 0.5) is 10.7 Å². The first-order valence-electron chi connectivity index (χ1n) is 6.98. The Labute approximate surface area is 118 Å². The van der Waals surface area contributed by atoms with Crippen LogP contribution in [0, 0.1) is 5.92 Å². The number of nitrogens with two attached hydrogens (primary N) is 1. The summed E-state index contributed by atoms with van der Waals surface area (Å²) in [6.07, 6.45) is 6.29. The Morgan fingerprint density at radius 2 is 2.16 bits per heavy atom. The number of carbonyl (C=O) groups excluding carboxylic acids is 1. The van der Waals surface area contributed by atoms with E-state index in [1.165, 1.54) is 43.4 Å². The van der Waals surface area contributed by atoms with Crippen molar-refractivity contribution in [1.29, 1.82) is 0 Å². The highest BCUT2D eigenvalue weighted by molar-refractivity contribution is 7.18. The number of nitrogen functional groups attached to an aromatic ring is 1. The van der Waals surface area contributed by atoms with Crippen LogP contribution in [-0.2, 0) is 0 Å². The van der Waals surface area contributed by atoms with Crippen molar-refractivity contribution in [1.82, 2.24) is 5.32 Å². The van der Waals surface area contributed by atoms with Crippen molar-refractivity contribution in [3.63, 3.8) is 0 Å². The molecular weight excluding hydrogens is 258 g/mol. The van der Waals surface area contributed by atoms with Crippen LogP contribution >= 0.6 is 11.3 Å². The molecular formula is C14H23N3OS. The van der Waals surface area contributed by atoms with Gasteiger partial charge < -0.3 is 16.4 Å². The third-order valence-corrected chi connectivity index (χ3v) is 4.88. The van der Waals surface area contributed by atoms with Crippen molar-refractivity contribution in [2.45, 2.75) is 45.1 Å². The van der Waals surface area contributed by atoms with Gasteiger partial charge in [0.2, 0.25) is 0 Å². The minimum atomic E-state index is -0.106. The molecule has 1 aromatic heterocycles. The quantitative estimate of drug-likeness (QED) is 0.746. The lowest BCUT2D eigenvalue weighted by molar-refractivity contribution is 0.0968. The van der Waals surface area contributed by atoms with E-state index < -0.39 is 0 Å². The molecule has 0 bridgehead atoms. The highest BCUT2D eigenvalue weighted by Crippen LogP contribution is 2.32. The maximum absolute atomic E-state index is 11.6. The highest BCUT2D eigenvalue weighted by Gasteiger charge is 2.18. The Hall–Kier alpha value is -1.23. The molecule has 1 aliphatic rings. The van der Waals surface area contributed by atoms with E-state index in [9.17, 15) is 4.79 Å². The Morgan fingerprint density at radius 3 is 2.89 bits per heavy atom. The standard InChI is InChI=1S/C14H23N3OS/c1-9-4-3-5-10(7-6-9)17-12-8-11(15)13(19-12)14(18)16-2/h8-10,17H,3-7,15H2,1-2H3,(H,16,18). The van der Waals surface area contributed by atoms with Gasteiger partial charge in [0, 0.05) is 13.1 Å². The predicted octanol–water partition coefficient (Wildman–Crippen LogP) is 3.07. The monoisotopic (exact) mass is 281 g/mol. The second-order valence-corrected chi connectivity index (χ2v) is 6.48. The summed E-state index contributed by atoms with van der Waals surface area (Å²) >= 11 is 1.45. The van der Waals surface area contributed by atoms with Gasteiger partial charge in [0.1, 0.15) is 4.88 Å². The Morgan fingerprint density at radius 1 is 1.37 bits per heavy atom. The third kappa shape index (κ3) is 3.62. The van der Waals surface area contributed by atoms with E-state index >= 15 is 0 Å². The molecule has 19 heavy (non-hydrogen) atoms. The van der Waals surface area contributed by atoms with Crippen LogP contribution in [0.5, 0.6) is 0 Å². The molecule has 0 spiro atoms. The summed E-state index contributed by atoms with van der Waals surface area (Å²) in [5, 5.41) is 7.17. The average molecular weight is 281 g/mol. The lowest BCUT2D eigenvalue weighted by atomic mass is 10.0. The highest BCUT2D eigenvalue weighted by atomic mass is 32.1. The summed E-state index contributed by atoms with van der Waals surface area (Å²) in [4.78, 5) is 12.2.